The number of imidazole rings is 1. The van der Waals surface area contributed by atoms with Gasteiger partial charge in [0.1, 0.15) is 25.3 Å². The number of ether oxygens (including phenoxy) is 1. The number of phosphoric ester groups is 1. The molecule has 0 aromatic carbocycles. The number of aromatic amines is 1. The molecule has 22 heteroatoms. The van der Waals surface area contributed by atoms with E-state index in [1.807, 2.05) is 0 Å². The van der Waals surface area contributed by atoms with Gasteiger partial charge in [-0.3, -0.25) is 13.9 Å². The smallest absolute Gasteiger partial charge is 0.387 e. The fourth-order valence-electron chi connectivity index (χ4n) is 1.93. The molecule has 1 aliphatic rings. The highest BCUT2D eigenvalue weighted by molar-refractivity contribution is 7.66. The Hall–Kier alpha value is -1.56. The average molecular weight is 539 g/mol. The van der Waals surface area contributed by atoms with Crippen LogP contribution in [0.5, 0.6) is 0 Å². The molecule has 3 rings (SSSR count). The number of H-pyrrole nitrogens is 1. The van der Waals surface area contributed by atoms with Crippen LogP contribution in [0.2, 0.25) is 4.24 Å². The summed E-state index contributed by atoms with van der Waals surface area (Å²) in [7, 11) is -18.3. The molecule has 1 aliphatic heterocycles. The van der Waals surface area contributed by atoms with Gasteiger partial charge in [0.05, 0.1) is 21.1 Å². The highest BCUT2D eigenvalue weighted by Crippen LogP contribution is 2.66. The van der Waals surface area contributed by atoms with Crippen LogP contribution in [0.1, 0.15) is 15.8 Å². The van der Waals surface area contributed by atoms with E-state index in [4.69, 9.17) is 27.2 Å². The molecule has 180 valence electrons. The molecule has 2 aromatic rings. The Morgan fingerprint density at radius 3 is 2.78 bits per heavy atom. The normalized spacial score (nSPS) is 44.4. The first-order valence-electron chi connectivity index (χ1n) is 14.4. The lowest BCUT2D eigenvalue weighted by molar-refractivity contribution is -0.0503. The third-order valence-electron chi connectivity index (χ3n) is 2.95. The Labute approximate surface area is 199 Å². The molecule has 0 radical (unpaired) electrons. The van der Waals surface area contributed by atoms with E-state index in [2.05, 4.69) is 52.9 Å². The predicted molar refractivity (Wildman–Crippen MR) is 98.3 cm³/mol. The third kappa shape index (κ3) is 5.67. The molecule has 9 N–H and O–H groups in total. The number of aromatic nitrogens is 4. The number of nitrogen functional groups attached to an aromatic ring is 1. The van der Waals surface area contributed by atoms with Crippen LogP contribution in [0.25, 0.3) is 11.2 Å². The molecule has 6 atom stereocenters. The van der Waals surface area contributed by atoms with Crippen LogP contribution in [-0.4, -0.2) is 82.7 Å². The summed E-state index contributed by atoms with van der Waals surface area (Å²) < 4.78 is 178. The van der Waals surface area contributed by atoms with E-state index in [1.54, 1.807) is 0 Å². The van der Waals surface area contributed by atoms with Gasteiger partial charge in [0, 0.05) is 0 Å². The number of fused-ring (bicyclic) bond motifs is 1. The van der Waals surface area contributed by atoms with E-state index in [0.29, 0.717) is 0 Å². The van der Waals surface area contributed by atoms with Crippen molar-refractivity contribution in [3.8, 4) is 0 Å². The van der Waals surface area contributed by atoms with E-state index < -0.39 is 89.2 Å². The van der Waals surface area contributed by atoms with Crippen molar-refractivity contribution >= 4 is 40.6 Å². The van der Waals surface area contributed by atoms with Gasteiger partial charge in [-0.15, -0.1) is 0 Å². The zero-order chi connectivity index (χ0) is 37.1. The summed E-state index contributed by atoms with van der Waals surface area (Å²) in [5.74, 6) is -1.19. The monoisotopic (exact) mass is 539 g/mol. The minimum Gasteiger partial charge on any atom is -0.387 e. The summed E-state index contributed by atoms with van der Waals surface area (Å²) >= 11 is 0. The predicted octanol–water partition coefficient (Wildman–Crippen LogP) is -2.34. The van der Waals surface area contributed by atoms with Gasteiger partial charge in [-0.1, -0.05) is 0 Å². The quantitative estimate of drug-likeness (QED) is 0.110. The molecule has 3 heterocycles. The van der Waals surface area contributed by atoms with Gasteiger partial charge in [-0.05, 0) is 0 Å². The molecule has 1 fully saturated rings. The Morgan fingerprint density at radius 1 is 1.34 bits per heavy atom. The van der Waals surface area contributed by atoms with Gasteiger partial charge in [-0.2, -0.15) is 13.6 Å². The number of phosphoric acid groups is 3. The van der Waals surface area contributed by atoms with Crippen molar-refractivity contribution in [2.24, 2.45) is 0 Å². The minimum atomic E-state index is -6.45. The lowest BCUT2D eigenvalue weighted by Gasteiger charge is -2.19. The molecule has 0 bridgehead atoms. The molecule has 32 heavy (non-hydrogen) atoms. The highest BCUT2D eigenvalue weighted by atomic mass is 31.3. The molecule has 0 aliphatic carbocycles. The third-order valence-corrected chi connectivity index (χ3v) is 6.47. The molecular formula is C10H16N5O14P3. The van der Waals surface area contributed by atoms with E-state index >= 15 is 0 Å². The summed E-state index contributed by atoms with van der Waals surface area (Å²) in [6, 6.07) is 0. The highest BCUT2D eigenvalue weighted by Gasteiger charge is 2.47. The summed E-state index contributed by atoms with van der Waals surface area (Å²) in [5.41, 5.74) is -4.18. The van der Waals surface area contributed by atoms with E-state index in [9.17, 15) is 18.5 Å². The number of aliphatic hydroxyl groups is 2. The maximum Gasteiger partial charge on any atom is 0.490 e. The van der Waals surface area contributed by atoms with Crippen molar-refractivity contribution in [3.05, 3.63) is 16.7 Å². The first-order chi connectivity index (χ1) is 21.8. The van der Waals surface area contributed by atoms with Gasteiger partial charge in [0.25, 0.3) is 0 Å². The van der Waals surface area contributed by atoms with Crippen molar-refractivity contribution in [2.45, 2.75) is 24.4 Å². The first kappa shape index (κ1) is 11.2. The van der Waals surface area contributed by atoms with E-state index in [1.165, 1.54) is 0 Å². The topological polar surface area (TPSA) is 299 Å². The van der Waals surface area contributed by atoms with Crippen molar-refractivity contribution in [3.63, 3.8) is 0 Å². The number of nitrogens with one attached hydrogen (secondary N) is 1. The Balaban J connectivity index is 2.29. The van der Waals surface area contributed by atoms with Crippen molar-refractivity contribution < 1.29 is 75.2 Å². The second-order valence-electron chi connectivity index (χ2n) is 5.14. The SMILES string of the molecule is [2H]O[C@@]1([2H])[C@@]([2H])(O[2H])[C@]([2H])(n2c([2H])nc3c(=O)nc(N([2H])[2H])n([2H])c32)O[C@]1([2H])C([2H])([2H])OP(=O)(O[2H])OP(=O)(O[2H])OP(=O)(O[2H])O[2H]. The number of nitrogens with two attached hydrogens (primary N) is 1. The van der Waals surface area contributed by atoms with Crippen molar-refractivity contribution in [2.75, 3.05) is 12.3 Å². The largest absolute Gasteiger partial charge is 0.490 e. The second-order valence-corrected chi connectivity index (χ2v) is 9.31. The van der Waals surface area contributed by atoms with Crippen LogP contribution in [-0.2, 0) is 31.6 Å². The van der Waals surface area contributed by atoms with Gasteiger partial charge >= 0.3 is 29.0 Å². The zero-order valence-electron chi connectivity index (χ0n) is 30.3. The summed E-state index contributed by atoms with van der Waals surface area (Å²) in [6.07, 6.45) is -18.6. The van der Waals surface area contributed by atoms with E-state index in [0.717, 1.165) is 0 Å². The average Bonchev–Trinajstić information content (AvgIpc) is 3.44. The first-order valence-corrected chi connectivity index (χ1v) is 11.5. The van der Waals surface area contributed by atoms with Gasteiger partial charge < -0.3 is 45.2 Å². The zero-order valence-corrected chi connectivity index (χ0v) is 17.0. The standard InChI is InChI=1S/C10H16N5O14P3/c11-10-13-7-4(8(18)14-10)12-2-15(7)9-6(17)5(16)3(27-9)1-26-31(22,23)29-32(24,25)28-30(19,20)21/h2-3,5-6,9,16-17H,1H2,(H,22,23)(H,24,25)(H2,19,20,21)(H3,11,13,14,18)/t3-,5-,6-,9-/m1/s1/i1D2,2D,3D,5D,6D,9D,16D,17D/hD7. The van der Waals surface area contributed by atoms with E-state index in [-0.39, 0.29) is 9.54 Å². The molecule has 1 saturated heterocycles. The molecular weight excluding hydrogens is 507 g/mol. The van der Waals surface area contributed by atoms with Gasteiger partial charge in [0.2, 0.25) is 14.5 Å². The van der Waals surface area contributed by atoms with Crippen LogP contribution >= 0.6 is 23.5 Å². The Morgan fingerprint density at radius 2 is 2.12 bits per heavy atom. The summed E-state index contributed by atoms with van der Waals surface area (Å²) in [4.78, 5) is 32.6. The molecule has 2 aromatic heterocycles. The fourth-order valence-corrected chi connectivity index (χ4v) is 4.61. The Bertz CT molecular complexity index is 1770. The minimum absolute atomic E-state index is 0.137. The molecule has 2 unspecified atom stereocenters. The summed E-state index contributed by atoms with van der Waals surface area (Å²) in [6.45, 7) is -4.64. The van der Waals surface area contributed by atoms with Crippen molar-refractivity contribution in [1.29, 1.82) is 8.59 Å². The number of anilines is 1. The molecule has 0 amide bonds. The molecule has 0 spiro atoms. The van der Waals surface area contributed by atoms with Crippen molar-refractivity contribution in [1.82, 2.24) is 19.5 Å². The van der Waals surface area contributed by atoms with Gasteiger partial charge in [-0.25, -0.2) is 18.7 Å². The number of hydrogen-bond acceptors (Lipinski definition) is 17. The number of hydrogen-bond donors (Lipinski definition) is 8. The van der Waals surface area contributed by atoms with Crippen LogP contribution in [0.4, 0.5) is 5.95 Å². The lowest BCUT2D eigenvalue weighted by atomic mass is 10.1. The number of rotatable bonds is 15. The fraction of sp³-hybridized carbons (Fsp3) is 0.500. The van der Waals surface area contributed by atoms with Crippen LogP contribution < -0.4 is 11.3 Å². The lowest BCUT2D eigenvalue weighted by Crippen LogP contribution is -2.33. The maximum atomic E-state index is 13.1. The van der Waals surface area contributed by atoms with Gasteiger partial charge in [0.15, 0.2) is 16.0 Å². The molecule has 0 saturated carbocycles. The Kier molecular flexibility index (Phi) is 3.04. The number of nitrogens with zero attached hydrogens (tertiary/aromatic N) is 3. The maximum absolute atomic E-state index is 13.1. The van der Waals surface area contributed by atoms with Crippen LogP contribution in [0, 0.1) is 0 Å². The van der Waals surface area contributed by atoms with Crippen LogP contribution in [0.3, 0.4) is 0 Å². The second kappa shape index (κ2) is 8.66. The van der Waals surface area contributed by atoms with Crippen LogP contribution in [0.15, 0.2) is 11.1 Å². The summed E-state index contributed by atoms with van der Waals surface area (Å²) in [5, 5.41) is 8.11. The molecule has 19 nitrogen and oxygen atoms in total.